The minimum absolute atomic E-state index is 0.0910. The third-order valence-corrected chi connectivity index (χ3v) is 1.90. The summed E-state index contributed by atoms with van der Waals surface area (Å²) in [6.45, 7) is 0.106. The van der Waals surface area contributed by atoms with Crippen molar-refractivity contribution in [1.82, 2.24) is 0 Å². The molecule has 0 radical (unpaired) electrons. The van der Waals surface area contributed by atoms with Gasteiger partial charge < -0.3 is 14.6 Å². The Bertz CT molecular complexity index is 311. The van der Waals surface area contributed by atoms with E-state index in [-0.39, 0.29) is 13.4 Å². The summed E-state index contributed by atoms with van der Waals surface area (Å²) in [6, 6.07) is 3.33. The van der Waals surface area contributed by atoms with Crippen LogP contribution in [0.5, 0.6) is 11.5 Å². The highest BCUT2D eigenvalue weighted by atomic mass is 35.5. The predicted molar refractivity (Wildman–Crippen MR) is 43.5 cm³/mol. The van der Waals surface area contributed by atoms with Crippen LogP contribution in [-0.2, 0) is 6.61 Å². The van der Waals surface area contributed by atoms with Crippen molar-refractivity contribution in [3.63, 3.8) is 0 Å². The minimum atomic E-state index is -0.0910. The molecule has 12 heavy (non-hydrogen) atoms. The zero-order valence-electron chi connectivity index (χ0n) is 6.21. The lowest BCUT2D eigenvalue weighted by Gasteiger charge is -2.02. The van der Waals surface area contributed by atoms with Gasteiger partial charge in [0.15, 0.2) is 11.5 Å². The number of hydrogen-bond acceptors (Lipinski definition) is 3. The first-order chi connectivity index (χ1) is 5.81. The van der Waals surface area contributed by atoms with E-state index in [9.17, 15) is 0 Å². The summed E-state index contributed by atoms with van der Waals surface area (Å²) in [5.41, 5.74) is 0.662. The molecule has 0 amide bonds. The smallest absolute Gasteiger partial charge is 0.231 e. The first-order valence-corrected chi connectivity index (χ1v) is 3.88. The fourth-order valence-corrected chi connectivity index (χ4v) is 1.39. The highest BCUT2D eigenvalue weighted by Gasteiger charge is 2.17. The van der Waals surface area contributed by atoms with E-state index in [2.05, 4.69) is 0 Å². The Morgan fingerprint density at radius 2 is 2.25 bits per heavy atom. The van der Waals surface area contributed by atoms with Crippen LogP contribution in [0.2, 0.25) is 5.02 Å². The Morgan fingerprint density at radius 1 is 1.42 bits per heavy atom. The molecule has 1 aromatic carbocycles. The van der Waals surface area contributed by atoms with Crippen LogP contribution < -0.4 is 9.47 Å². The first kappa shape index (κ1) is 7.71. The number of halogens is 1. The van der Waals surface area contributed by atoms with E-state index in [1.807, 2.05) is 0 Å². The largest absolute Gasteiger partial charge is 0.454 e. The van der Waals surface area contributed by atoms with Crippen LogP contribution in [0, 0.1) is 0 Å². The second kappa shape index (κ2) is 2.84. The van der Waals surface area contributed by atoms with E-state index >= 15 is 0 Å². The lowest BCUT2D eigenvalue weighted by atomic mass is 10.2. The van der Waals surface area contributed by atoms with Crippen molar-refractivity contribution < 1.29 is 14.6 Å². The topological polar surface area (TPSA) is 38.7 Å². The molecule has 1 aliphatic rings. The number of hydrogen-bond donors (Lipinski definition) is 1. The second-order valence-corrected chi connectivity index (χ2v) is 2.89. The molecule has 0 saturated heterocycles. The molecule has 0 aromatic heterocycles. The van der Waals surface area contributed by atoms with Gasteiger partial charge in [0.1, 0.15) is 0 Å². The van der Waals surface area contributed by atoms with Gasteiger partial charge in [0, 0.05) is 16.7 Å². The lowest BCUT2D eigenvalue weighted by Crippen LogP contribution is -1.94. The van der Waals surface area contributed by atoms with E-state index in [1.54, 1.807) is 12.1 Å². The van der Waals surface area contributed by atoms with E-state index < -0.39 is 0 Å². The number of aliphatic hydroxyl groups is 1. The molecule has 0 bridgehead atoms. The molecule has 1 N–H and O–H groups in total. The van der Waals surface area contributed by atoms with Crippen molar-refractivity contribution in [1.29, 1.82) is 0 Å². The van der Waals surface area contributed by atoms with Crippen molar-refractivity contribution >= 4 is 11.6 Å². The Kier molecular flexibility index (Phi) is 1.83. The number of ether oxygens (including phenoxy) is 2. The third-order valence-electron chi connectivity index (χ3n) is 1.68. The summed E-state index contributed by atoms with van der Waals surface area (Å²) in [5, 5.41) is 9.48. The number of aliphatic hydroxyl groups excluding tert-OH is 1. The fourth-order valence-electron chi connectivity index (χ4n) is 1.16. The van der Waals surface area contributed by atoms with E-state index in [0.29, 0.717) is 22.1 Å². The minimum Gasteiger partial charge on any atom is -0.454 e. The van der Waals surface area contributed by atoms with Gasteiger partial charge in [-0.25, -0.2) is 0 Å². The van der Waals surface area contributed by atoms with Crippen molar-refractivity contribution in [3.05, 3.63) is 22.7 Å². The lowest BCUT2D eigenvalue weighted by molar-refractivity contribution is 0.171. The Balaban J connectivity index is 2.55. The highest BCUT2D eigenvalue weighted by Crippen LogP contribution is 2.38. The Hall–Kier alpha value is -0.930. The van der Waals surface area contributed by atoms with Crippen molar-refractivity contribution in [2.24, 2.45) is 0 Å². The van der Waals surface area contributed by atoms with Crippen molar-refractivity contribution in [2.45, 2.75) is 6.61 Å². The molecule has 3 nitrogen and oxygen atoms in total. The molecule has 2 rings (SSSR count). The molecule has 0 aliphatic carbocycles. The molecule has 0 atom stereocenters. The molecule has 0 fully saturated rings. The number of fused-ring (bicyclic) bond motifs is 1. The van der Waals surface area contributed by atoms with Gasteiger partial charge in [0.25, 0.3) is 0 Å². The van der Waals surface area contributed by atoms with Gasteiger partial charge in [0.05, 0.1) is 6.61 Å². The van der Waals surface area contributed by atoms with Gasteiger partial charge in [-0.3, -0.25) is 0 Å². The number of benzene rings is 1. The van der Waals surface area contributed by atoms with Gasteiger partial charge in [-0.15, -0.1) is 0 Å². The summed E-state index contributed by atoms with van der Waals surface area (Å²) in [5.74, 6) is 1.20. The van der Waals surface area contributed by atoms with Crippen molar-refractivity contribution in [2.75, 3.05) is 6.79 Å². The Labute approximate surface area is 74.5 Å². The molecular weight excluding hydrogens is 180 g/mol. The summed E-state index contributed by atoms with van der Waals surface area (Å²) in [6.07, 6.45) is 0. The quantitative estimate of drug-likeness (QED) is 0.724. The summed E-state index contributed by atoms with van der Waals surface area (Å²) >= 11 is 5.76. The molecule has 4 heteroatoms. The van der Waals surface area contributed by atoms with Crippen LogP contribution in [0.1, 0.15) is 5.56 Å². The zero-order chi connectivity index (χ0) is 8.55. The molecule has 0 unspecified atom stereocenters. The average molecular weight is 187 g/mol. The first-order valence-electron chi connectivity index (χ1n) is 3.50. The van der Waals surface area contributed by atoms with Gasteiger partial charge in [-0.1, -0.05) is 11.6 Å². The van der Waals surface area contributed by atoms with Crippen LogP contribution in [0.3, 0.4) is 0 Å². The van der Waals surface area contributed by atoms with Crippen LogP contribution in [0.25, 0.3) is 0 Å². The summed E-state index contributed by atoms with van der Waals surface area (Å²) < 4.78 is 10.2. The molecule has 0 saturated carbocycles. The SMILES string of the molecule is OCc1cc(Cl)cc2c1OCO2. The van der Waals surface area contributed by atoms with Gasteiger partial charge in [0.2, 0.25) is 6.79 Å². The standard InChI is InChI=1S/C8H7ClO3/c9-6-1-5(3-10)8-7(2-6)11-4-12-8/h1-2,10H,3-4H2. The molecule has 64 valence electrons. The normalized spacial score (nSPS) is 13.5. The molecule has 1 heterocycles. The molecule has 0 spiro atoms. The summed E-state index contributed by atoms with van der Waals surface area (Å²) in [7, 11) is 0. The maximum Gasteiger partial charge on any atom is 0.231 e. The van der Waals surface area contributed by atoms with Crippen LogP contribution in [-0.4, -0.2) is 11.9 Å². The van der Waals surface area contributed by atoms with Crippen LogP contribution in [0.15, 0.2) is 12.1 Å². The monoisotopic (exact) mass is 186 g/mol. The van der Waals surface area contributed by atoms with E-state index in [1.165, 1.54) is 0 Å². The van der Waals surface area contributed by atoms with Crippen LogP contribution in [0.4, 0.5) is 0 Å². The maximum atomic E-state index is 8.93. The average Bonchev–Trinajstić information content (AvgIpc) is 2.50. The highest BCUT2D eigenvalue weighted by molar-refractivity contribution is 6.30. The van der Waals surface area contributed by atoms with Crippen LogP contribution >= 0.6 is 11.6 Å². The molecule has 1 aliphatic heterocycles. The van der Waals surface area contributed by atoms with Crippen molar-refractivity contribution in [3.8, 4) is 11.5 Å². The Morgan fingerprint density at radius 3 is 3.00 bits per heavy atom. The van der Waals surface area contributed by atoms with Gasteiger partial charge >= 0.3 is 0 Å². The predicted octanol–water partition coefficient (Wildman–Crippen LogP) is 1.56. The fraction of sp³-hybridized carbons (Fsp3) is 0.250. The third kappa shape index (κ3) is 1.11. The van der Waals surface area contributed by atoms with Gasteiger partial charge in [-0.05, 0) is 6.07 Å². The maximum absolute atomic E-state index is 8.93. The molecule has 1 aromatic rings. The molecular formula is C8H7ClO3. The summed E-state index contributed by atoms with van der Waals surface area (Å²) in [4.78, 5) is 0. The zero-order valence-corrected chi connectivity index (χ0v) is 6.97. The van der Waals surface area contributed by atoms with E-state index in [4.69, 9.17) is 26.2 Å². The number of rotatable bonds is 1. The van der Waals surface area contributed by atoms with Gasteiger partial charge in [-0.2, -0.15) is 0 Å². The van der Waals surface area contributed by atoms with E-state index in [0.717, 1.165) is 0 Å². The second-order valence-electron chi connectivity index (χ2n) is 2.46.